The molecule has 2 N–H and O–H groups in total. The van der Waals surface area contributed by atoms with Gasteiger partial charge in [0.05, 0.1) is 6.54 Å². The molecule has 0 bridgehead atoms. The Labute approximate surface area is 123 Å². The van der Waals surface area contributed by atoms with Crippen molar-refractivity contribution in [2.24, 2.45) is 0 Å². The summed E-state index contributed by atoms with van der Waals surface area (Å²) >= 11 is 0. The van der Waals surface area contributed by atoms with E-state index in [2.05, 4.69) is 5.32 Å². The summed E-state index contributed by atoms with van der Waals surface area (Å²) in [6.45, 7) is 3.08. The molecule has 0 aliphatic carbocycles. The average molecular weight is 290 g/mol. The molecule has 0 aromatic heterocycles. The highest BCUT2D eigenvalue weighted by atomic mass is 16.5. The fraction of sp³-hybridized carbons (Fsp3) is 0.333. The normalized spacial score (nSPS) is 15.9. The first-order valence-electron chi connectivity index (χ1n) is 6.76. The Hall–Kier alpha value is -2.34. The minimum Gasteiger partial charge on any atom is -0.492 e. The van der Waals surface area contributed by atoms with E-state index in [4.69, 9.17) is 9.84 Å². The van der Waals surface area contributed by atoms with Crippen molar-refractivity contribution in [2.45, 2.75) is 0 Å². The van der Waals surface area contributed by atoms with Gasteiger partial charge in [-0.1, -0.05) is 12.1 Å². The van der Waals surface area contributed by atoms with Crippen LogP contribution in [0.4, 0.5) is 0 Å². The number of nitrogens with zero attached hydrogens (tertiary/aromatic N) is 1. The predicted molar refractivity (Wildman–Crippen MR) is 78.1 cm³/mol. The van der Waals surface area contributed by atoms with Gasteiger partial charge in [-0.2, -0.15) is 0 Å². The Bertz CT molecular complexity index is 542. The van der Waals surface area contributed by atoms with Crippen LogP contribution in [-0.2, 0) is 9.59 Å². The van der Waals surface area contributed by atoms with Crippen molar-refractivity contribution in [2.75, 3.05) is 32.8 Å². The summed E-state index contributed by atoms with van der Waals surface area (Å²) in [5.41, 5.74) is 0.771. The molecule has 112 valence electrons. The summed E-state index contributed by atoms with van der Waals surface area (Å²) in [4.78, 5) is 23.7. The molecular formula is C15H18N2O4. The van der Waals surface area contributed by atoms with Crippen LogP contribution >= 0.6 is 0 Å². The number of carboxylic acids is 1. The molecule has 1 aromatic carbocycles. The van der Waals surface area contributed by atoms with Crippen LogP contribution in [0.5, 0.6) is 5.75 Å². The summed E-state index contributed by atoms with van der Waals surface area (Å²) in [7, 11) is 0. The first-order chi connectivity index (χ1) is 10.1. The topological polar surface area (TPSA) is 78.9 Å². The second-order valence-electron chi connectivity index (χ2n) is 4.72. The highest BCUT2D eigenvalue weighted by Gasteiger charge is 2.15. The van der Waals surface area contributed by atoms with E-state index >= 15 is 0 Å². The number of amides is 1. The molecule has 6 nitrogen and oxygen atoms in total. The second-order valence-corrected chi connectivity index (χ2v) is 4.72. The third-order valence-electron chi connectivity index (χ3n) is 3.07. The van der Waals surface area contributed by atoms with Gasteiger partial charge in [0.1, 0.15) is 12.4 Å². The summed E-state index contributed by atoms with van der Waals surface area (Å²) in [6.07, 6.45) is 2.61. The molecule has 2 rings (SSSR count). The van der Waals surface area contributed by atoms with Crippen molar-refractivity contribution < 1.29 is 19.4 Å². The summed E-state index contributed by atoms with van der Waals surface area (Å²) in [6, 6.07) is 7.22. The van der Waals surface area contributed by atoms with E-state index < -0.39 is 5.97 Å². The molecule has 0 saturated carbocycles. The Kier molecular flexibility index (Phi) is 5.34. The fourth-order valence-corrected chi connectivity index (χ4v) is 2.05. The molecule has 1 aliphatic heterocycles. The highest BCUT2D eigenvalue weighted by Crippen LogP contribution is 2.14. The molecule has 6 heteroatoms. The summed E-state index contributed by atoms with van der Waals surface area (Å²) in [5, 5.41) is 11.4. The molecule has 1 fully saturated rings. The number of carbonyl (C=O) groups excluding carboxylic acids is 1. The largest absolute Gasteiger partial charge is 0.492 e. The van der Waals surface area contributed by atoms with Gasteiger partial charge in [-0.05, 0) is 23.8 Å². The van der Waals surface area contributed by atoms with E-state index in [1.807, 2.05) is 17.0 Å². The van der Waals surface area contributed by atoms with E-state index in [0.29, 0.717) is 32.0 Å². The lowest BCUT2D eigenvalue weighted by atomic mass is 10.2. The quantitative estimate of drug-likeness (QED) is 0.750. The lowest BCUT2D eigenvalue weighted by Gasteiger charge is -2.26. The Balaban J connectivity index is 1.81. The number of aliphatic carboxylic acids is 1. The van der Waals surface area contributed by atoms with Gasteiger partial charge in [-0.3, -0.25) is 9.69 Å². The van der Waals surface area contributed by atoms with Crippen molar-refractivity contribution >= 4 is 18.0 Å². The lowest BCUT2D eigenvalue weighted by molar-refractivity contribution is -0.131. The molecule has 0 radical (unpaired) electrons. The number of rotatable bonds is 6. The number of ether oxygens (including phenoxy) is 1. The van der Waals surface area contributed by atoms with E-state index in [1.165, 1.54) is 6.08 Å². The monoisotopic (exact) mass is 290 g/mol. The third-order valence-corrected chi connectivity index (χ3v) is 3.07. The molecule has 0 unspecified atom stereocenters. The van der Waals surface area contributed by atoms with Gasteiger partial charge in [0, 0.05) is 25.7 Å². The molecule has 1 heterocycles. The van der Waals surface area contributed by atoms with Crippen LogP contribution in [0.2, 0.25) is 0 Å². The molecule has 0 spiro atoms. The molecule has 1 aliphatic rings. The standard InChI is InChI=1S/C15H18N2O4/c18-14-11-17(7-6-16-14)8-9-21-13-3-1-2-12(10-13)4-5-15(19)20/h1-5,10H,6-9,11H2,(H,16,18)(H,19,20). The third kappa shape index (κ3) is 5.27. The molecule has 0 atom stereocenters. The number of hydrogen-bond acceptors (Lipinski definition) is 4. The van der Waals surface area contributed by atoms with Gasteiger partial charge in [0.2, 0.25) is 5.91 Å². The average Bonchev–Trinajstić information content (AvgIpc) is 2.46. The summed E-state index contributed by atoms with van der Waals surface area (Å²) in [5.74, 6) is -0.254. The minimum absolute atomic E-state index is 0.0436. The maximum absolute atomic E-state index is 11.2. The van der Waals surface area contributed by atoms with Crippen LogP contribution < -0.4 is 10.1 Å². The number of carbonyl (C=O) groups is 2. The Morgan fingerprint density at radius 1 is 1.48 bits per heavy atom. The molecular weight excluding hydrogens is 272 g/mol. The Morgan fingerprint density at radius 3 is 3.10 bits per heavy atom. The van der Waals surface area contributed by atoms with Crippen molar-refractivity contribution in [3.63, 3.8) is 0 Å². The van der Waals surface area contributed by atoms with Gasteiger partial charge >= 0.3 is 5.97 Å². The van der Waals surface area contributed by atoms with Crippen LogP contribution in [0.1, 0.15) is 5.56 Å². The van der Waals surface area contributed by atoms with Crippen LogP contribution in [0, 0.1) is 0 Å². The zero-order chi connectivity index (χ0) is 15.1. The molecule has 1 aromatic rings. The second kappa shape index (κ2) is 7.44. The SMILES string of the molecule is O=C(O)C=Cc1cccc(OCCN2CCNC(=O)C2)c1. The molecule has 1 saturated heterocycles. The number of benzene rings is 1. The number of nitrogens with one attached hydrogen (secondary N) is 1. The predicted octanol–water partition coefficient (Wildman–Crippen LogP) is 0.595. The fourth-order valence-electron chi connectivity index (χ4n) is 2.05. The van der Waals surface area contributed by atoms with Crippen LogP contribution in [0.25, 0.3) is 6.08 Å². The Morgan fingerprint density at radius 2 is 2.33 bits per heavy atom. The smallest absolute Gasteiger partial charge is 0.328 e. The van der Waals surface area contributed by atoms with Crippen molar-refractivity contribution in [3.05, 3.63) is 35.9 Å². The van der Waals surface area contributed by atoms with Gasteiger partial charge in [0.15, 0.2) is 0 Å². The van der Waals surface area contributed by atoms with Crippen LogP contribution in [-0.4, -0.2) is 54.7 Å². The van der Waals surface area contributed by atoms with Crippen LogP contribution in [0.3, 0.4) is 0 Å². The lowest BCUT2D eigenvalue weighted by Crippen LogP contribution is -2.48. The zero-order valence-electron chi connectivity index (χ0n) is 11.6. The first-order valence-corrected chi connectivity index (χ1v) is 6.76. The van der Waals surface area contributed by atoms with Crippen molar-refractivity contribution in [1.29, 1.82) is 0 Å². The van der Waals surface area contributed by atoms with Crippen LogP contribution in [0.15, 0.2) is 30.3 Å². The van der Waals surface area contributed by atoms with E-state index in [9.17, 15) is 9.59 Å². The maximum atomic E-state index is 11.2. The van der Waals surface area contributed by atoms with Crippen molar-refractivity contribution in [1.82, 2.24) is 10.2 Å². The van der Waals surface area contributed by atoms with E-state index in [0.717, 1.165) is 18.2 Å². The zero-order valence-corrected chi connectivity index (χ0v) is 11.6. The maximum Gasteiger partial charge on any atom is 0.328 e. The van der Waals surface area contributed by atoms with Gasteiger partial charge < -0.3 is 15.2 Å². The molecule has 1 amide bonds. The van der Waals surface area contributed by atoms with Gasteiger partial charge in [-0.15, -0.1) is 0 Å². The highest BCUT2D eigenvalue weighted by molar-refractivity contribution is 5.85. The number of hydrogen-bond donors (Lipinski definition) is 2. The van der Waals surface area contributed by atoms with E-state index in [1.54, 1.807) is 12.1 Å². The minimum atomic E-state index is -0.982. The number of carboxylic acid groups (broad SMARTS) is 1. The summed E-state index contributed by atoms with van der Waals surface area (Å²) < 4.78 is 5.64. The van der Waals surface area contributed by atoms with Gasteiger partial charge in [0.25, 0.3) is 0 Å². The van der Waals surface area contributed by atoms with Crippen molar-refractivity contribution in [3.8, 4) is 5.75 Å². The first kappa shape index (κ1) is 15.1. The van der Waals surface area contributed by atoms with E-state index in [-0.39, 0.29) is 5.91 Å². The number of piperazine rings is 1. The molecule has 21 heavy (non-hydrogen) atoms. The van der Waals surface area contributed by atoms with Gasteiger partial charge in [-0.25, -0.2) is 4.79 Å².